The molecule has 5 nitrogen and oxygen atoms in total. The van der Waals surface area contributed by atoms with Crippen LogP contribution >= 0.6 is 15.9 Å². The quantitative estimate of drug-likeness (QED) is 0.685. The second kappa shape index (κ2) is 5.67. The standard InChI is InChI=1S/C11H12BrNO4/c1-3-8(13(15)16)4-7-5-9(12)11(14)10(6-7)17-2/h4-6,14H,3H2,1-2H3/b8-4+. The van der Waals surface area contributed by atoms with Gasteiger partial charge < -0.3 is 9.84 Å². The van der Waals surface area contributed by atoms with Crippen molar-refractivity contribution in [1.29, 1.82) is 0 Å². The van der Waals surface area contributed by atoms with Crippen LogP contribution in [0.3, 0.4) is 0 Å². The maximum absolute atomic E-state index is 10.7. The van der Waals surface area contributed by atoms with Gasteiger partial charge in [-0.2, -0.15) is 0 Å². The molecule has 0 aliphatic heterocycles. The van der Waals surface area contributed by atoms with E-state index < -0.39 is 4.92 Å². The predicted octanol–water partition coefficient (Wildman–Crippen LogP) is 3.19. The Labute approximate surface area is 107 Å². The first kappa shape index (κ1) is 13.5. The third-order valence-electron chi connectivity index (χ3n) is 2.20. The summed E-state index contributed by atoms with van der Waals surface area (Å²) in [6, 6.07) is 3.14. The first-order chi connectivity index (χ1) is 7.99. The summed E-state index contributed by atoms with van der Waals surface area (Å²) in [5.41, 5.74) is 0.699. The topological polar surface area (TPSA) is 72.6 Å². The number of halogens is 1. The highest BCUT2D eigenvalue weighted by Crippen LogP contribution is 2.35. The van der Waals surface area contributed by atoms with Gasteiger partial charge in [0, 0.05) is 12.5 Å². The van der Waals surface area contributed by atoms with Crippen LogP contribution in [0.4, 0.5) is 0 Å². The van der Waals surface area contributed by atoms with Crippen molar-refractivity contribution in [2.75, 3.05) is 7.11 Å². The highest BCUT2D eigenvalue weighted by atomic mass is 79.9. The van der Waals surface area contributed by atoms with E-state index in [0.29, 0.717) is 16.5 Å². The minimum absolute atomic E-state index is 0.0243. The van der Waals surface area contributed by atoms with Crippen molar-refractivity contribution >= 4 is 22.0 Å². The van der Waals surface area contributed by atoms with Gasteiger partial charge in [-0.05, 0) is 33.6 Å². The lowest BCUT2D eigenvalue weighted by Crippen LogP contribution is -1.96. The van der Waals surface area contributed by atoms with Crippen LogP contribution in [-0.2, 0) is 0 Å². The van der Waals surface area contributed by atoms with E-state index in [4.69, 9.17) is 4.74 Å². The number of methoxy groups -OCH3 is 1. The molecule has 0 saturated heterocycles. The molecule has 1 N–H and O–H groups in total. The molecule has 0 spiro atoms. The first-order valence-corrected chi connectivity index (χ1v) is 5.70. The van der Waals surface area contributed by atoms with Crippen molar-refractivity contribution in [3.8, 4) is 11.5 Å². The molecule has 0 aliphatic rings. The molecule has 0 saturated carbocycles. The third kappa shape index (κ3) is 3.20. The van der Waals surface area contributed by atoms with Gasteiger partial charge in [-0.25, -0.2) is 0 Å². The molecule has 1 aromatic rings. The summed E-state index contributed by atoms with van der Waals surface area (Å²) in [7, 11) is 1.42. The normalized spacial score (nSPS) is 11.4. The van der Waals surface area contributed by atoms with E-state index in [2.05, 4.69) is 15.9 Å². The Morgan fingerprint density at radius 2 is 2.29 bits per heavy atom. The molecule has 0 atom stereocenters. The number of benzene rings is 1. The van der Waals surface area contributed by atoms with Crippen LogP contribution in [0, 0.1) is 10.1 Å². The molecule has 0 aromatic heterocycles. The van der Waals surface area contributed by atoms with Gasteiger partial charge in [-0.15, -0.1) is 0 Å². The van der Waals surface area contributed by atoms with Crippen LogP contribution in [-0.4, -0.2) is 17.1 Å². The average molecular weight is 302 g/mol. The van der Waals surface area contributed by atoms with Gasteiger partial charge in [0.2, 0.25) is 5.70 Å². The highest BCUT2D eigenvalue weighted by Gasteiger charge is 2.11. The van der Waals surface area contributed by atoms with Gasteiger partial charge in [0.15, 0.2) is 11.5 Å². The second-order valence-corrected chi connectivity index (χ2v) is 4.15. The fourth-order valence-corrected chi connectivity index (χ4v) is 1.77. The maximum atomic E-state index is 10.7. The van der Waals surface area contributed by atoms with Crippen LogP contribution in [0.15, 0.2) is 22.3 Å². The van der Waals surface area contributed by atoms with Gasteiger partial charge in [-0.3, -0.25) is 10.1 Å². The highest BCUT2D eigenvalue weighted by molar-refractivity contribution is 9.10. The molecule has 0 aliphatic carbocycles. The molecule has 17 heavy (non-hydrogen) atoms. The number of allylic oxidation sites excluding steroid dienone is 1. The lowest BCUT2D eigenvalue weighted by molar-refractivity contribution is -0.425. The van der Waals surface area contributed by atoms with E-state index >= 15 is 0 Å². The number of nitrogens with zero attached hydrogens (tertiary/aromatic N) is 1. The predicted molar refractivity (Wildman–Crippen MR) is 67.6 cm³/mol. The Hall–Kier alpha value is -1.56. The molecule has 0 unspecified atom stereocenters. The molecule has 1 aromatic carbocycles. The van der Waals surface area contributed by atoms with Gasteiger partial charge in [0.05, 0.1) is 16.5 Å². The van der Waals surface area contributed by atoms with Gasteiger partial charge in [0.1, 0.15) is 0 Å². The van der Waals surface area contributed by atoms with E-state index in [9.17, 15) is 15.2 Å². The number of phenolic OH excluding ortho intramolecular Hbond substituents is 1. The molecule has 92 valence electrons. The van der Waals surface area contributed by atoms with Crippen molar-refractivity contribution in [1.82, 2.24) is 0 Å². The summed E-state index contributed by atoms with van der Waals surface area (Å²) in [4.78, 5) is 10.3. The summed E-state index contributed by atoms with van der Waals surface area (Å²) in [5.74, 6) is 0.244. The van der Waals surface area contributed by atoms with E-state index in [-0.39, 0.29) is 17.2 Å². The molecular formula is C11H12BrNO4. The first-order valence-electron chi connectivity index (χ1n) is 4.91. The van der Waals surface area contributed by atoms with Crippen molar-refractivity contribution in [3.63, 3.8) is 0 Å². The molecule has 0 amide bonds. The maximum Gasteiger partial charge on any atom is 0.246 e. The summed E-state index contributed by atoms with van der Waals surface area (Å²) in [5, 5.41) is 20.3. The zero-order valence-electron chi connectivity index (χ0n) is 9.44. The number of ether oxygens (including phenoxy) is 1. The van der Waals surface area contributed by atoms with Crippen LogP contribution in [0.5, 0.6) is 11.5 Å². The largest absolute Gasteiger partial charge is 0.503 e. The van der Waals surface area contributed by atoms with Crippen LogP contribution < -0.4 is 4.74 Å². The summed E-state index contributed by atoms with van der Waals surface area (Å²) in [6.07, 6.45) is 1.78. The molecule has 0 heterocycles. The van der Waals surface area contributed by atoms with Gasteiger partial charge in [-0.1, -0.05) is 6.92 Å². The molecular weight excluding hydrogens is 290 g/mol. The number of phenols is 1. The third-order valence-corrected chi connectivity index (χ3v) is 2.81. The van der Waals surface area contributed by atoms with Crippen molar-refractivity contribution < 1.29 is 14.8 Å². The van der Waals surface area contributed by atoms with Gasteiger partial charge >= 0.3 is 0 Å². The van der Waals surface area contributed by atoms with Crippen LogP contribution in [0.25, 0.3) is 6.08 Å². The Bertz CT molecular complexity index is 471. The number of hydrogen-bond donors (Lipinski definition) is 1. The summed E-state index contributed by atoms with van der Waals surface area (Å²) < 4.78 is 5.40. The van der Waals surface area contributed by atoms with Crippen molar-refractivity contribution in [3.05, 3.63) is 38.0 Å². The van der Waals surface area contributed by atoms with E-state index in [1.54, 1.807) is 19.1 Å². The average Bonchev–Trinajstić information content (AvgIpc) is 2.29. The van der Waals surface area contributed by atoms with Crippen LogP contribution in [0.2, 0.25) is 0 Å². The van der Waals surface area contributed by atoms with E-state index in [0.717, 1.165) is 0 Å². The van der Waals surface area contributed by atoms with E-state index in [1.165, 1.54) is 13.2 Å². The lowest BCUT2D eigenvalue weighted by Gasteiger charge is -2.06. The summed E-state index contributed by atoms with van der Waals surface area (Å²) >= 11 is 3.16. The smallest absolute Gasteiger partial charge is 0.246 e. The summed E-state index contributed by atoms with van der Waals surface area (Å²) in [6.45, 7) is 1.71. The van der Waals surface area contributed by atoms with Crippen molar-refractivity contribution in [2.24, 2.45) is 0 Å². The monoisotopic (exact) mass is 301 g/mol. The zero-order valence-corrected chi connectivity index (χ0v) is 11.0. The Kier molecular flexibility index (Phi) is 4.51. The van der Waals surface area contributed by atoms with E-state index in [1.807, 2.05) is 0 Å². The fraction of sp³-hybridized carbons (Fsp3) is 0.273. The zero-order chi connectivity index (χ0) is 13.0. The molecule has 0 radical (unpaired) electrons. The van der Waals surface area contributed by atoms with Crippen LogP contribution in [0.1, 0.15) is 18.9 Å². The number of rotatable bonds is 4. The number of aromatic hydroxyl groups is 1. The van der Waals surface area contributed by atoms with Crippen molar-refractivity contribution in [2.45, 2.75) is 13.3 Å². The van der Waals surface area contributed by atoms with Gasteiger partial charge in [0.25, 0.3) is 0 Å². The Morgan fingerprint density at radius 1 is 1.65 bits per heavy atom. The number of hydrogen-bond acceptors (Lipinski definition) is 4. The SMILES string of the molecule is CC/C(=C\c1cc(Br)c(O)c(OC)c1)[N+](=O)[O-]. The lowest BCUT2D eigenvalue weighted by atomic mass is 10.1. The molecule has 1 rings (SSSR count). The minimum Gasteiger partial charge on any atom is -0.503 e. The molecule has 6 heteroatoms. The Morgan fingerprint density at radius 3 is 2.76 bits per heavy atom. The fourth-order valence-electron chi connectivity index (χ4n) is 1.31. The Balaban J connectivity index is 3.24. The second-order valence-electron chi connectivity index (χ2n) is 3.30. The minimum atomic E-state index is -0.423. The molecule has 0 fully saturated rings. The molecule has 0 bridgehead atoms. The number of nitro groups is 1.